The fourth-order valence-electron chi connectivity index (χ4n) is 1.94. The Morgan fingerprint density at radius 3 is 2.68 bits per heavy atom. The zero-order valence-electron chi connectivity index (χ0n) is 11.8. The van der Waals surface area contributed by atoms with Crippen LogP contribution in [0, 0.1) is 0 Å². The minimum absolute atomic E-state index is 0.0548. The number of rotatable bonds is 5. The Kier molecular flexibility index (Phi) is 5.01. The highest BCUT2D eigenvalue weighted by Crippen LogP contribution is 2.21. The molecule has 1 amide bonds. The van der Waals surface area contributed by atoms with Gasteiger partial charge in [0.25, 0.3) is 0 Å². The van der Waals surface area contributed by atoms with Gasteiger partial charge in [0.2, 0.25) is 5.91 Å². The SMILES string of the molecule is COc1cccc(CC(=O)Nc2ccc(Cl)c(C(=O)O)c2)c1. The molecule has 0 atom stereocenters. The molecule has 114 valence electrons. The fraction of sp³-hybridized carbons (Fsp3) is 0.125. The lowest BCUT2D eigenvalue weighted by atomic mass is 10.1. The minimum Gasteiger partial charge on any atom is -0.497 e. The molecule has 5 nitrogen and oxygen atoms in total. The average molecular weight is 320 g/mol. The standard InChI is InChI=1S/C16H14ClNO4/c1-22-12-4-2-3-10(7-12)8-15(19)18-11-5-6-14(17)13(9-11)16(20)21/h2-7,9H,8H2,1H3,(H,18,19)(H,20,21). The van der Waals surface area contributed by atoms with Gasteiger partial charge in [-0.15, -0.1) is 0 Å². The molecule has 0 aliphatic heterocycles. The first-order valence-corrected chi connectivity index (χ1v) is 6.83. The molecule has 2 rings (SSSR count). The number of carbonyl (C=O) groups excluding carboxylic acids is 1. The van der Waals surface area contributed by atoms with E-state index in [0.717, 1.165) is 5.56 Å². The van der Waals surface area contributed by atoms with Crippen molar-refractivity contribution in [2.24, 2.45) is 0 Å². The molecule has 0 spiro atoms. The number of amides is 1. The van der Waals surface area contributed by atoms with E-state index in [-0.39, 0.29) is 22.9 Å². The summed E-state index contributed by atoms with van der Waals surface area (Å²) in [7, 11) is 1.56. The third-order valence-electron chi connectivity index (χ3n) is 2.98. The molecule has 0 unspecified atom stereocenters. The lowest BCUT2D eigenvalue weighted by molar-refractivity contribution is -0.115. The fourth-order valence-corrected chi connectivity index (χ4v) is 2.14. The van der Waals surface area contributed by atoms with Gasteiger partial charge in [-0.3, -0.25) is 4.79 Å². The van der Waals surface area contributed by atoms with Gasteiger partial charge in [0.15, 0.2) is 0 Å². The van der Waals surface area contributed by atoms with Crippen LogP contribution in [0.25, 0.3) is 0 Å². The van der Waals surface area contributed by atoms with Crippen LogP contribution in [-0.4, -0.2) is 24.1 Å². The minimum atomic E-state index is -1.14. The molecule has 0 heterocycles. The predicted octanol–water partition coefficient (Wildman–Crippen LogP) is 3.23. The van der Waals surface area contributed by atoms with Crippen molar-refractivity contribution in [3.63, 3.8) is 0 Å². The molecule has 0 aromatic heterocycles. The second-order valence-corrected chi connectivity index (χ2v) is 4.98. The topological polar surface area (TPSA) is 75.6 Å². The van der Waals surface area contributed by atoms with Crippen LogP contribution < -0.4 is 10.1 Å². The van der Waals surface area contributed by atoms with E-state index in [0.29, 0.717) is 11.4 Å². The Bertz CT molecular complexity index is 715. The third kappa shape index (κ3) is 3.99. The van der Waals surface area contributed by atoms with Crippen LogP contribution >= 0.6 is 11.6 Å². The van der Waals surface area contributed by atoms with Crippen molar-refractivity contribution < 1.29 is 19.4 Å². The molecule has 0 aliphatic carbocycles. The van der Waals surface area contributed by atoms with Gasteiger partial charge in [-0.05, 0) is 35.9 Å². The Labute approximate surface area is 132 Å². The van der Waals surface area contributed by atoms with Gasteiger partial charge >= 0.3 is 5.97 Å². The zero-order valence-corrected chi connectivity index (χ0v) is 12.6. The number of carbonyl (C=O) groups is 2. The first-order valence-electron chi connectivity index (χ1n) is 6.45. The van der Waals surface area contributed by atoms with Crippen LogP contribution in [0.15, 0.2) is 42.5 Å². The molecule has 0 radical (unpaired) electrons. The summed E-state index contributed by atoms with van der Waals surface area (Å²) in [4.78, 5) is 23.0. The molecule has 2 aromatic rings. The number of carboxylic acid groups (broad SMARTS) is 1. The summed E-state index contributed by atoms with van der Waals surface area (Å²) in [5, 5.41) is 11.8. The van der Waals surface area contributed by atoms with E-state index in [4.69, 9.17) is 21.4 Å². The first-order chi connectivity index (χ1) is 10.5. The van der Waals surface area contributed by atoms with E-state index < -0.39 is 5.97 Å². The molecule has 0 saturated heterocycles. The van der Waals surface area contributed by atoms with Crippen molar-refractivity contribution >= 4 is 29.2 Å². The normalized spacial score (nSPS) is 10.1. The highest BCUT2D eigenvalue weighted by molar-refractivity contribution is 6.33. The van der Waals surface area contributed by atoms with Crippen molar-refractivity contribution in [2.45, 2.75) is 6.42 Å². The van der Waals surface area contributed by atoms with Crippen LogP contribution in [0.1, 0.15) is 15.9 Å². The van der Waals surface area contributed by atoms with Crippen LogP contribution in [-0.2, 0) is 11.2 Å². The van der Waals surface area contributed by atoms with Crippen LogP contribution in [0.4, 0.5) is 5.69 Å². The Hall–Kier alpha value is -2.53. The third-order valence-corrected chi connectivity index (χ3v) is 3.31. The van der Waals surface area contributed by atoms with Gasteiger partial charge in [0.1, 0.15) is 5.75 Å². The van der Waals surface area contributed by atoms with Gasteiger partial charge in [0, 0.05) is 5.69 Å². The summed E-state index contributed by atoms with van der Waals surface area (Å²) in [5.74, 6) is -0.731. The molecule has 0 bridgehead atoms. The molecule has 22 heavy (non-hydrogen) atoms. The number of ether oxygens (including phenoxy) is 1. The number of anilines is 1. The smallest absolute Gasteiger partial charge is 0.337 e. The number of halogens is 1. The second-order valence-electron chi connectivity index (χ2n) is 4.58. The van der Waals surface area contributed by atoms with Gasteiger partial charge < -0.3 is 15.2 Å². The van der Waals surface area contributed by atoms with Crippen molar-refractivity contribution in [1.29, 1.82) is 0 Å². The number of hydrogen-bond donors (Lipinski definition) is 2. The van der Waals surface area contributed by atoms with E-state index in [1.165, 1.54) is 12.1 Å². The van der Waals surface area contributed by atoms with E-state index in [9.17, 15) is 9.59 Å². The van der Waals surface area contributed by atoms with Crippen LogP contribution in [0.2, 0.25) is 5.02 Å². The number of methoxy groups -OCH3 is 1. The van der Waals surface area contributed by atoms with E-state index in [1.54, 1.807) is 31.4 Å². The molecule has 6 heteroatoms. The summed E-state index contributed by atoms with van der Waals surface area (Å²) >= 11 is 5.78. The van der Waals surface area contributed by atoms with Gasteiger partial charge in [0.05, 0.1) is 24.1 Å². The monoisotopic (exact) mass is 319 g/mol. The highest BCUT2D eigenvalue weighted by Gasteiger charge is 2.11. The maximum atomic E-state index is 12.0. The quantitative estimate of drug-likeness (QED) is 0.887. The highest BCUT2D eigenvalue weighted by atomic mass is 35.5. The predicted molar refractivity (Wildman–Crippen MR) is 83.7 cm³/mol. The second kappa shape index (κ2) is 6.95. The molecule has 2 aromatic carbocycles. The molecule has 0 saturated carbocycles. The van der Waals surface area contributed by atoms with Crippen molar-refractivity contribution in [3.05, 3.63) is 58.6 Å². The Balaban J connectivity index is 2.08. The number of carboxylic acids is 1. The molecule has 0 fully saturated rings. The molecule has 2 N–H and O–H groups in total. The van der Waals surface area contributed by atoms with Gasteiger partial charge in [-0.1, -0.05) is 23.7 Å². The van der Waals surface area contributed by atoms with Crippen LogP contribution in [0.3, 0.4) is 0 Å². The largest absolute Gasteiger partial charge is 0.497 e. The molecule has 0 aliphatic rings. The summed E-state index contributed by atoms with van der Waals surface area (Å²) < 4.78 is 5.10. The van der Waals surface area contributed by atoms with Crippen molar-refractivity contribution in [1.82, 2.24) is 0 Å². The summed E-state index contributed by atoms with van der Waals surface area (Å²) in [6, 6.07) is 11.5. The maximum Gasteiger partial charge on any atom is 0.337 e. The average Bonchev–Trinajstić information content (AvgIpc) is 2.49. The molecular weight excluding hydrogens is 306 g/mol. The number of benzene rings is 2. The van der Waals surface area contributed by atoms with Crippen molar-refractivity contribution in [2.75, 3.05) is 12.4 Å². The van der Waals surface area contributed by atoms with Crippen molar-refractivity contribution in [3.8, 4) is 5.75 Å². The van der Waals surface area contributed by atoms with E-state index >= 15 is 0 Å². The van der Waals surface area contributed by atoms with E-state index in [1.807, 2.05) is 6.07 Å². The summed E-state index contributed by atoms with van der Waals surface area (Å²) in [5.41, 5.74) is 1.12. The lowest BCUT2D eigenvalue weighted by Crippen LogP contribution is -2.15. The number of nitrogens with one attached hydrogen (secondary N) is 1. The zero-order chi connectivity index (χ0) is 16.1. The number of hydrogen-bond acceptors (Lipinski definition) is 3. The summed E-state index contributed by atoms with van der Waals surface area (Å²) in [6.07, 6.45) is 0.155. The summed E-state index contributed by atoms with van der Waals surface area (Å²) in [6.45, 7) is 0. The van der Waals surface area contributed by atoms with Gasteiger partial charge in [-0.2, -0.15) is 0 Å². The molecular formula is C16H14ClNO4. The number of aromatic carboxylic acids is 1. The Morgan fingerprint density at radius 2 is 2.00 bits per heavy atom. The van der Waals surface area contributed by atoms with Gasteiger partial charge in [-0.25, -0.2) is 4.79 Å². The first kappa shape index (κ1) is 15.9. The maximum absolute atomic E-state index is 12.0. The Morgan fingerprint density at radius 1 is 1.23 bits per heavy atom. The van der Waals surface area contributed by atoms with Crippen LogP contribution in [0.5, 0.6) is 5.75 Å². The van der Waals surface area contributed by atoms with E-state index in [2.05, 4.69) is 5.32 Å². The lowest BCUT2D eigenvalue weighted by Gasteiger charge is -2.08.